The third-order valence-corrected chi connectivity index (χ3v) is 5.94. The summed E-state index contributed by atoms with van der Waals surface area (Å²) < 4.78 is 31.1. The Morgan fingerprint density at radius 2 is 1.79 bits per heavy atom. The number of nitrogens with zero attached hydrogens (tertiary/aromatic N) is 1. The number of rotatable bonds is 9. The largest absolute Gasteiger partial charge is 0.451 e. The van der Waals surface area contributed by atoms with E-state index in [4.69, 9.17) is 9.84 Å². The molecule has 0 spiro atoms. The van der Waals surface area contributed by atoms with Gasteiger partial charge < -0.3 is 15.2 Å². The molecule has 156 valence electrons. The Hall–Kier alpha value is -2.75. The summed E-state index contributed by atoms with van der Waals surface area (Å²) in [6, 6.07) is 12.4. The molecule has 2 aromatic rings. The molecule has 0 radical (unpaired) electrons. The minimum Gasteiger partial charge on any atom is -0.451 e. The van der Waals surface area contributed by atoms with Crippen molar-refractivity contribution in [1.82, 2.24) is 4.31 Å². The number of carbonyl (C=O) groups is 2. The number of nitrogens with one attached hydrogen (secondary N) is 1. The van der Waals surface area contributed by atoms with Crippen LogP contribution in [0.25, 0.3) is 0 Å². The smallest absolute Gasteiger partial charge is 0.341 e. The van der Waals surface area contributed by atoms with Crippen LogP contribution >= 0.6 is 0 Å². The van der Waals surface area contributed by atoms with Gasteiger partial charge in [0.1, 0.15) is 0 Å². The summed E-state index contributed by atoms with van der Waals surface area (Å²) in [5.74, 6) is -1.22. The lowest BCUT2D eigenvalue weighted by molar-refractivity contribution is 0.0319. The van der Waals surface area contributed by atoms with Crippen LogP contribution in [0.15, 0.2) is 53.4 Å². The fraction of sp³-hybridized carbons (Fsp3) is 0.300. The Balaban J connectivity index is 2.34. The normalized spacial score (nSPS) is 12.4. The summed E-state index contributed by atoms with van der Waals surface area (Å²) in [6.45, 7) is 1.42. The lowest BCUT2D eigenvalue weighted by Crippen LogP contribution is -2.26. The van der Waals surface area contributed by atoms with E-state index in [1.165, 1.54) is 39.2 Å². The second-order valence-corrected chi connectivity index (χ2v) is 8.57. The first-order valence-corrected chi connectivity index (χ1v) is 10.3. The number of aliphatic hydroxyl groups excluding tert-OH is 1. The number of benzene rings is 2. The molecule has 0 aliphatic rings. The summed E-state index contributed by atoms with van der Waals surface area (Å²) in [6.07, 6.45) is -1.07. The van der Waals surface area contributed by atoms with Crippen LogP contribution in [-0.4, -0.2) is 62.9 Å². The quantitative estimate of drug-likeness (QED) is 0.469. The fourth-order valence-electron chi connectivity index (χ4n) is 2.52. The number of hydrogen-bond acceptors (Lipinski definition) is 7. The van der Waals surface area contributed by atoms with Crippen molar-refractivity contribution in [3.05, 3.63) is 59.7 Å². The molecule has 9 heteroatoms. The maximum Gasteiger partial charge on any atom is 0.341 e. The van der Waals surface area contributed by atoms with Gasteiger partial charge in [0.15, 0.2) is 6.10 Å². The van der Waals surface area contributed by atoms with Crippen molar-refractivity contribution < 1.29 is 27.9 Å². The predicted octanol–water partition coefficient (Wildman–Crippen LogP) is 1.77. The number of sulfonamides is 1. The summed E-state index contributed by atoms with van der Waals surface area (Å²) >= 11 is 0. The van der Waals surface area contributed by atoms with Gasteiger partial charge in [-0.3, -0.25) is 4.79 Å². The molecule has 0 heterocycles. The SMILES string of the molecule is CC(OC(=O)c1cc(S(=O)(=O)N(C)C)ccc1NCCO)C(=O)c1ccccc1. The van der Waals surface area contributed by atoms with E-state index in [9.17, 15) is 18.0 Å². The molecule has 0 saturated heterocycles. The maximum atomic E-state index is 12.7. The van der Waals surface area contributed by atoms with E-state index in [2.05, 4.69) is 5.32 Å². The molecular weight excluding hydrogens is 396 g/mol. The standard InChI is InChI=1S/C20H24N2O6S/c1-14(19(24)15-7-5-4-6-8-15)28-20(25)17-13-16(29(26,27)22(2)3)9-10-18(17)21-11-12-23/h4-10,13-14,21,23H,11-12H2,1-3H3. The van der Waals surface area contributed by atoms with E-state index in [1.807, 2.05) is 0 Å². The van der Waals surface area contributed by atoms with Crippen LogP contribution in [-0.2, 0) is 14.8 Å². The maximum absolute atomic E-state index is 12.7. The van der Waals surface area contributed by atoms with Gasteiger partial charge in [0.05, 0.1) is 17.1 Å². The molecule has 0 amide bonds. The lowest BCUT2D eigenvalue weighted by atomic mass is 10.1. The van der Waals surface area contributed by atoms with Gasteiger partial charge in [-0.15, -0.1) is 0 Å². The van der Waals surface area contributed by atoms with Gasteiger partial charge in [-0.25, -0.2) is 17.5 Å². The highest BCUT2D eigenvalue weighted by Crippen LogP contribution is 2.24. The van der Waals surface area contributed by atoms with Crippen LogP contribution in [0.1, 0.15) is 27.6 Å². The van der Waals surface area contributed by atoms with Gasteiger partial charge >= 0.3 is 5.97 Å². The van der Waals surface area contributed by atoms with Crippen LogP contribution in [0.5, 0.6) is 0 Å². The molecular formula is C20H24N2O6S. The summed E-state index contributed by atoms with van der Waals surface area (Å²) in [5.41, 5.74) is 0.644. The van der Waals surface area contributed by atoms with Gasteiger partial charge in [0, 0.05) is 31.9 Å². The minimum atomic E-state index is -3.78. The molecule has 0 aliphatic heterocycles. The Kier molecular flexibility index (Phi) is 7.49. The zero-order chi connectivity index (χ0) is 21.6. The summed E-state index contributed by atoms with van der Waals surface area (Å²) in [4.78, 5) is 25.1. The molecule has 2 aromatic carbocycles. The molecule has 2 N–H and O–H groups in total. The van der Waals surface area contributed by atoms with Crippen molar-refractivity contribution in [3.8, 4) is 0 Å². The second kappa shape index (κ2) is 9.64. The number of ketones is 1. The third kappa shape index (κ3) is 5.41. The van der Waals surface area contributed by atoms with Crippen molar-refractivity contribution in [2.75, 3.05) is 32.6 Å². The van der Waals surface area contributed by atoms with E-state index in [1.54, 1.807) is 30.3 Å². The van der Waals surface area contributed by atoms with E-state index < -0.39 is 22.1 Å². The van der Waals surface area contributed by atoms with Crippen molar-refractivity contribution in [3.63, 3.8) is 0 Å². The molecule has 2 rings (SSSR count). The fourth-order valence-corrected chi connectivity index (χ4v) is 3.45. The van der Waals surface area contributed by atoms with Crippen molar-refractivity contribution in [2.24, 2.45) is 0 Å². The van der Waals surface area contributed by atoms with Gasteiger partial charge in [0.2, 0.25) is 15.8 Å². The molecule has 0 bridgehead atoms. The van der Waals surface area contributed by atoms with E-state index >= 15 is 0 Å². The Bertz CT molecular complexity index is 974. The summed E-state index contributed by atoms with van der Waals surface area (Å²) in [7, 11) is -1.01. The summed E-state index contributed by atoms with van der Waals surface area (Å²) in [5, 5.41) is 11.9. The number of anilines is 1. The molecule has 0 aromatic heterocycles. The highest BCUT2D eigenvalue weighted by Gasteiger charge is 2.25. The number of hydrogen-bond donors (Lipinski definition) is 2. The first-order chi connectivity index (χ1) is 13.7. The third-order valence-electron chi connectivity index (χ3n) is 4.13. The molecule has 8 nitrogen and oxygen atoms in total. The van der Waals surface area contributed by atoms with Crippen LogP contribution in [0.2, 0.25) is 0 Å². The monoisotopic (exact) mass is 420 g/mol. The molecule has 29 heavy (non-hydrogen) atoms. The van der Waals surface area contributed by atoms with E-state index in [0.717, 1.165) is 4.31 Å². The van der Waals surface area contributed by atoms with Crippen LogP contribution in [0.4, 0.5) is 5.69 Å². The Morgan fingerprint density at radius 3 is 2.38 bits per heavy atom. The van der Waals surface area contributed by atoms with E-state index in [-0.39, 0.29) is 29.4 Å². The van der Waals surface area contributed by atoms with Crippen LogP contribution in [0, 0.1) is 0 Å². The lowest BCUT2D eigenvalue weighted by Gasteiger charge is -2.17. The van der Waals surface area contributed by atoms with Gasteiger partial charge in [-0.1, -0.05) is 30.3 Å². The predicted molar refractivity (Wildman–Crippen MR) is 109 cm³/mol. The first kappa shape index (κ1) is 22.5. The molecule has 0 fully saturated rings. The van der Waals surface area contributed by atoms with Gasteiger partial charge in [0.25, 0.3) is 0 Å². The average Bonchev–Trinajstić information content (AvgIpc) is 2.71. The molecule has 0 aliphatic carbocycles. The number of esters is 1. The molecule has 0 saturated carbocycles. The zero-order valence-corrected chi connectivity index (χ0v) is 17.3. The van der Waals surface area contributed by atoms with Crippen LogP contribution < -0.4 is 5.32 Å². The Labute approximate surface area is 170 Å². The number of carbonyl (C=O) groups excluding carboxylic acids is 2. The van der Waals surface area contributed by atoms with Gasteiger partial charge in [-0.2, -0.15) is 0 Å². The van der Waals surface area contributed by atoms with Crippen molar-refractivity contribution in [2.45, 2.75) is 17.9 Å². The Morgan fingerprint density at radius 1 is 1.14 bits per heavy atom. The second-order valence-electron chi connectivity index (χ2n) is 6.42. The number of Topliss-reactive ketones (excluding diaryl/α,β-unsaturated/α-hetero) is 1. The van der Waals surface area contributed by atoms with Gasteiger partial charge in [-0.05, 0) is 25.1 Å². The van der Waals surface area contributed by atoms with E-state index in [0.29, 0.717) is 11.3 Å². The van der Waals surface area contributed by atoms with Crippen molar-refractivity contribution in [1.29, 1.82) is 0 Å². The average molecular weight is 420 g/mol. The zero-order valence-electron chi connectivity index (χ0n) is 16.5. The number of aliphatic hydroxyl groups is 1. The highest BCUT2D eigenvalue weighted by atomic mass is 32.2. The highest BCUT2D eigenvalue weighted by molar-refractivity contribution is 7.89. The number of ether oxygens (including phenoxy) is 1. The molecule has 1 unspecified atom stereocenters. The van der Waals surface area contributed by atoms with Crippen LogP contribution in [0.3, 0.4) is 0 Å². The molecule has 1 atom stereocenters. The topological polar surface area (TPSA) is 113 Å². The first-order valence-electron chi connectivity index (χ1n) is 8.90. The van der Waals surface area contributed by atoms with Crippen molar-refractivity contribution >= 4 is 27.5 Å². The minimum absolute atomic E-state index is 0.0471.